The summed E-state index contributed by atoms with van der Waals surface area (Å²) in [7, 11) is 2.17. The molecule has 104 valence electrons. The van der Waals surface area contributed by atoms with E-state index in [-0.39, 0.29) is 5.41 Å². The van der Waals surface area contributed by atoms with E-state index in [2.05, 4.69) is 23.8 Å². The van der Waals surface area contributed by atoms with E-state index in [4.69, 9.17) is 5.11 Å². The highest BCUT2D eigenvalue weighted by molar-refractivity contribution is 5.68. The maximum absolute atomic E-state index is 10.9. The Hall–Kier alpha value is -0.610. The number of piperidine rings is 1. The van der Waals surface area contributed by atoms with Crippen LogP contribution in [0.25, 0.3) is 0 Å². The summed E-state index contributed by atoms with van der Waals surface area (Å²) < 4.78 is 0. The molecule has 0 aromatic heterocycles. The number of hydrogen-bond acceptors (Lipinski definition) is 3. The van der Waals surface area contributed by atoms with Crippen LogP contribution in [0.4, 0.5) is 0 Å². The van der Waals surface area contributed by atoms with Gasteiger partial charge in [-0.05, 0) is 57.8 Å². The molecule has 1 saturated carbocycles. The highest BCUT2D eigenvalue weighted by atomic mass is 16.4. The van der Waals surface area contributed by atoms with Gasteiger partial charge < -0.3 is 14.9 Å². The molecule has 0 aromatic carbocycles. The molecule has 1 saturated heterocycles. The molecule has 0 aromatic rings. The van der Waals surface area contributed by atoms with Crippen LogP contribution in [0, 0.1) is 5.41 Å². The molecule has 2 fully saturated rings. The van der Waals surface area contributed by atoms with E-state index < -0.39 is 5.97 Å². The average Bonchev–Trinajstić information content (AvgIpc) is 3.07. The van der Waals surface area contributed by atoms with Crippen LogP contribution >= 0.6 is 0 Å². The third-order valence-corrected chi connectivity index (χ3v) is 4.70. The van der Waals surface area contributed by atoms with Gasteiger partial charge in [0, 0.05) is 12.6 Å². The summed E-state index contributed by atoms with van der Waals surface area (Å²) in [4.78, 5) is 15.8. The lowest BCUT2D eigenvalue weighted by molar-refractivity contribution is -0.138. The van der Waals surface area contributed by atoms with Gasteiger partial charge in [-0.25, -0.2) is 0 Å². The second kappa shape index (κ2) is 5.57. The van der Waals surface area contributed by atoms with Gasteiger partial charge in [-0.3, -0.25) is 4.79 Å². The number of carboxylic acid groups (broad SMARTS) is 1. The van der Waals surface area contributed by atoms with E-state index in [1.165, 1.54) is 25.9 Å². The zero-order valence-corrected chi connectivity index (χ0v) is 11.7. The highest BCUT2D eigenvalue weighted by Gasteiger charge is 2.45. The molecule has 4 heteroatoms. The van der Waals surface area contributed by atoms with E-state index in [9.17, 15) is 4.79 Å². The van der Waals surface area contributed by atoms with Crippen LogP contribution < -0.4 is 0 Å². The number of aliphatic carboxylic acids is 1. The fourth-order valence-electron chi connectivity index (χ4n) is 3.22. The molecule has 1 N–H and O–H groups in total. The van der Waals surface area contributed by atoms with E-state index in [0.717, 1.165) is 25.9 Å². The normalized spacial score (nSPS) is 24.4. The molecule has 2 aliphatic rings. The number of carbonyl (C=O) groups is 1. The molecule has 1 aliphatic carbocycles. The Balaban J connectivity index is 1.78. The summed E-state index contributed by atoms with van der Waals surface area (Å²) in [5.41, 5.74) is 0.0997. The molecule has 0 amide bonds. The van der Waals surface area contributed by atoms with Crippen molar-refractivity contribution in [3.8, 4) is 0 Å². The molecule has 0 unspecified atom stereocenters. The molecule has 0 bridgehead atoms. The monoisotopic (exact) mass is 254 g/mol. The first-order valence-corrected chi connectivity index (χ1v) is 7.19. The molecule has 0 atom stereocenters. The smallest absolute Gasteiger partial charge is 0.303 e. The minimum atomic E-state index is -0.637. The molecule has 2 rings (SSSR count). The second-order valence-corrected chi connectivity index (χ2v) is 6.15. The number of carboxylic acids is 1. The number of hydrogen-bond donors (Lipinski definition) is 1. The summed E-state index contributed by atoms with van der Waals surface area (Å²) in [5.74, 6) is -0.637. The molecule has 1 aliphatic heterocycles. The van der Waals surface area contributed by atoms with Crippen LogP contribution in [0.3, 0.4) is 0 Å². The molecule has 0 spiro atoms. The lowest BCUT2D eigenvalue weighted by Gasteiger charge is -2.37. The molecular weight excluding hydrogens is 228 g/mol. The van der Waals surface area contributed by atoms with Crippen LogP contribution in [-0.2, 0) is 4.79 Å². The van der Waals surface area contributed by atoms with E-state index in [1.807, 2.05) is 0 Å². The van der Waals surface area contributed by atoms with Crippen LogP contribution in [-0.4, -0.2) is 60.1 Å². The summed E-state index contributed by atoms with van der Waals surface area (Å²) in [5, 5.41) is 8.95. The van der Waals surface area contributed by atoms with E-state index >= 15 is 0 Å². The second-order valence-electron chi connectivity index (χ2n) is 6.15. The first kappa shape index (κ1) is 13.8. The maximum Gasteiger partial charge on any atom is 0.303 e. The largest absolute Gasteiger partial charge is 0.481 e. The lowest BCUT2D eigenvalue weighted by Crippen LogP contribution is -2.45. The SMILES string of the molecule is CCN1CCC(N(C)CC2(CC(=O)O)CC2)CC1. The summed E-state index contributed by atoms with van der Waals surface area (Å²) in [6.07, 6.45) is 5.00. The van der Waals surface area contributed by atoms with Crippen molar-refractivity contribution in [2.75, 3.05) is 33.2 Å². The van der Waals surface area contributed by atoms with Gasteiger partial charge in [0.25, 0.3) is 0 Å². The average molecular weight is 254 g/mol. The zero-order valence-electron chi connectivity index (χ0n) is 11.7. The predicted octanol–water partition coefficient (Wildman–Crippen LogP) is 1.66. The maximum atomic E-state index is 10.9. The van der Waals surface area contributed by atoms with Crippen molar-refractivity contribution in [2.45, 2.75) is 45.1 Å². The number of likely N-dealkylation sites (tertiary alicyclic amines) is 1. The summed E-state index contributed by atoms with van der Waals surface area (Å²) in [6.45, 7) is 6.72. The fraction of sp³-hybridized carbons (Fsp3) is 0.929. The highest BCUT2D eigenvalue weighted by Crippen LogP contribution is 2.49. The van der Waals surface area contributed by atoms with Gasteiger partial charge in [0.2, 0.25) is 0 Å². The van der Waals surface area contributed by atoms with Crippen molar-refractivity contribution >= 4 is 5.97 Å². The van der Waals surface area contributed by atoms with Crippen molar-refractivity contribution < 1.29 is 9.90 Å². The van der Waals surface area contributed by atoms with Crippen LogP contribution in [0.15, 0.2) is 0 Å². The van der Waals surface area contributed by atoms with Gasteiger partial charge in [0.05, 0.1) is 6.42 Å². The number of nitrogens with zero attached hydrogens (tertiary/aromatic N) is 2. The van der Waals surface area contributed by atoms with Crippen LogP contribution in [0.5, 0.6) is 0 Å². The Kier molecular flexibility index (Phi) is 4.28. The van der Waals surface area contributed by atoms with Gasteiger partial charge in [-0.15, -0.1) is 0 Å². The molecule has 1 heterocycles. The molecule has 0 radical (unpaired) electrons. The summed E-state index contributed by atoms with van der Waals surface area (Å²) in [6, 6.07) is 0.652. The Labute approximate surface area is 110 Å². The van der Waals surface area contributed by atoms with Gasteiger partial charge >= 0.3 is 5.97 Å². The van der Waals surface area contributed by atoms with Crippen molar-refractivity contribution in [3.05, 3.63) is 0 Å². The zero-order chi connectivity index (χ0) is 13.2. The van der Waals surface area contributed by atoms with Crippen LogP contribution in [0.2, 0.25) is 0 Å². The van der Waals surface area contributed by atoms with Gasteiger partial charge in [-0.1, -0.05) is 6.92 Å². The fourth-order valence-corrected chi connectivity index (χ4v) is 3.22. The third kappa shape index (κ3) is 3.45. The Morgan fingerprint density at radius 3 is 2.44 bits per heavy atom. The standard InChI is InChI=1S/C14H26N2O2/c1-3-16-8-4-12(5-9-16)15(2)11-14(6-7-14)10-13(17)18/h12H,3-11H2,1-2H3,(H,17,18). The summed E-state index contributed by atoms with van der Waals surface area (Å²) >= 11 is 0. The quantitative estimate of drug-likeness (QED) is 0.783. The Morgan fingerprint density at radius 1 is 1.39 bits per heavy atom. The Morgan fingerprint density at radius 2 is 2.00 bits per heavy atom. The Bertz CT molecular complexity index is 294. The minimum absolute atomic E-state index is 0.0997. The van der Waals surface area contributed by atoms with Gasteiger partial charge in [-0.2, -0.15) is 0 Å². The van der Waals surface area contributed by atoms with Gasteiger partial charge in [0.1, 0.15) is 0 Å². The van der Waals surface area contributed by atoms with Crippen molar-refractivity contribution in [1.82, 2.24) is 9.80 Å². The predicted molar refractivity (Wildman–Crippen MR) is 71.7 cm³/mol. The van der Waals surface area contributed by atoms with Crippen molar-refractivity contribution in [1.29, 1.82) is 0 Å². The van der Waals surface area contributed by atoms with Crippen molar-refractivity contribution in [2.24, 2.45) is 5.41 Å². The topological polar surface area (TPSA) is 43.8 Å². The number of rotatable bonds is 6. The molecule has 18 heavy (non-hydrogen) atoms. The first-order valence-electron chi connectivity index (χ1n) is 7.19. The molecule has 4 nitrogen and oxygen atoms in total. The van der Waals surface area contributed by atoms with Gasteiger partial charge in [0.15, 0.2) is 0 Å². The third-order valence-electron chi connectivity index (χ3n) is 4.70. The van der Waals surface area contributed by atoms with E-state index in [0.29, 0.717) is 12.5 Å². The lowest BCUT2D eigenvalue weighted by atomic mass is 9.98. The molecular formula is C14H26N2O2. The van der Waals surface area contributed by atoms with E-state index in [1.54, 1.807) is 0 Å². The first-order chi connectivity index (χ1) is 8.54. The minimum Gasteiger partial charge on any atom is -0.481 e. The van der Waals surface area contributed by atoms with Crippen molar-refractivity contribution in [3.63, 3.8) is 0 Å². The van der Waals surface area contributed by atoms with Crippen LogP contribution in [0.1, 0.15) is 39.0 Å².